The van der Waals surface area contributed by atoms with Gasteiger partial charge in [0.15, 0.2) is 5.78 Å². The molecule has 0 aromatic heterocycles. The highest BCUT2D eigenvalue weighted by atomic mass is 16.1. The van der Waals surface area contributed by atoms with Crippen molar-refractivity contribution in [3.8, 4) is 0 Å². The van der Waals surface area contributed by atoms with Crippen molar-refractivity contribution < 1.29 is 4.79 Å². The molecule has 17 heavy (non-hydrogen) atoms. The van der Waals surface area contributed by atoms with Crippen molar-refractivity contribution in [1.29, 1.82) is 0 Å². The quantitative estimate of drug-likeness (QED) is 0.739. The number of hydrogen-bond acceptors (Lipinski definition) is 2. The Hall–Kier alpha value is -1.41. The first-order chi connectivity index (χ1) is 8.22. The number of Topliss-reactive ketones (excluding diaryl/α,β-unsaturated/α-hetero) is 1. The molecule has 1 atom stereocenters. The van der Waals surface area contributed by atoms with Gasteiger partial charge in [-0.15, -0.1) is 6.58 Å². The smallest absolute Gasteiger partial charge is 0.167 e. The Bertz CT molecular complexity index is 425. The standard InChI is InChI=1S/C15H19NO/c1-3-10-16(2)11-13-9-8-12-6-4-5-7-14(12)15(13)17/h3-7,13H,1,8-11H2,2H3/t13-/m0/s1. The van der Waals surface area contributed by atoms with E-state index in [-0.39, 0.29) is 5.92 Å². The van der Waals surface area contributed by atoms with Crippen LogP contribution in [0.25, 0.3) is 0 Å². The molecule has 1 aromatic rings. The Morgan fingerprint density at radius 2 is 2.24 bits per heavy atom. The zero-order valence-corrected chi connectivity index (χ0v) is 10.4. The van der Waals surface area contributed by atoms with Gasteiger partial charge in [-0.1, -0.05) is 30.3 Å². The van der Waals surface area contributed by atoms with Gasteiger partial charge in [-0.05, 0) is 25.5 Å². The van der Waals surface area contributed by atoms with Crippen LogP contribution in [0.15, 0.2) is 36.9 Å². The molecule has 0 saturated carbocycles. The summed E-state index contributed by atoms with van der Waals surface area (Å²) in [7, 11) is 2.04. The van der Waals surface area contributed by atoms with E-state index in [9.17, 15) is 4.79 Å². The lowest BCUT2D eigenvalue weighted by molar-refractivity contribution is 0.0873. The minimum atomic E-state index is 0.148. The van der Waals surface area contributed by atoms with E-state index in [4.69, 9.17) is 0 Å². The van der Waals surface area contributed by atoms with E-state index in [0.717, 1.165) is 31.5 Å². The van der Waals surface area contributed by atoms with Crippen molar-refractivity contribution in [2.75, 3.05) is 20.1 Å². The summed E-state index contributed by atoms with van der Waals surface area (Å²) in [5.74, 6) is 0.456. The van der Waals surface area contributed by atoms with Crippen LogP contribution in [0, 0.1) is 5.92 Å². The lowest BCUT2D eigenvalue weighted by atomic mass is 9.82. The van der Waals surface area contributed by atoms with Crippen molar-refractivity contribution in [3.05, 3.63) is 48.0 Å². The molecule has 1 aliphatic carbocycles. The third kappa shape index (κ3) is 2.64. The van der Waals surface area contributed by atoms with E-state index in [0.29, 0.717) is 5.78 Å². The van der Waals surface area contributed by atoms with E-state index in [1.165, 1.54) is 5.56 Å². The SMILES string of the molecule is C=CCN(C)C[C@@H]1CCc2ccccc2C1=O. The van der Waals surface area contributed by atoms with Crippen LogP contribution in [0.4, 0.5) is 0 Å². The molecule has 2 heteroatoms. The second-order valence-electron chi connectivity index (χ2n) is 4.77. The first-order valence-electron chi connectivity index (χ1n) is 6.14. The van der Waals surface area contributed by atoms with Crippen LogP contribution in [-0.4, -0.2) is 30.8 Å². The molecule has 0 aliphatic heterocycles. The van der Waals surface area contributed by atoms with E-state index in [1.807, 2.05) is 31.3 Å². The van der Waals surface area contributed by atoms with Crippen molar-refractivity contribution in [3.63, 3.8) is 0 Å². The molecule has 0 bridgehead atoms. The van der Waals surface area contributed by atoms with Gasteiger partial charge in [0, 0.05) is 24.6 Å². The number of ketones is 1. The molecule has 1 aromatic carbocycles. The molecule has 0 radical (unpaired) electrons. The maximum absolute atomic E-state index is 12.3. The van der Waals surface area contributed by atoms with E-state index in [2.05, 4.69) is 17.5 Å². The molecular formula is C15H19NO. The molecule has 0 spiro atoms. The summed E-state index contributed by atoms with van der Waals surface area (Å²) in [6.45, 7) is 5.39. The van der Waals surface area contributed by atoms with Crippen LogP contribution in [0.3, 0.4) is 0 Å². The third-order valence-electron chi connectivity index (χ3n) is 3.39. The molecule has 90 valence electrons. The number of fused-ring (bicyclic) bond motifs is 1. The van der Waals surface area contributed by atoms with Gasteiger partial charge in [-0.2, -0.15) is 0 Å². The minimum absolute atomic E-state index is 0.148. The van der Waals surface area contributed by atoms with Crippen LogP contribution in [-0.2, 0) is 6.42 Å². The number of carbonyl (C=O) groups is 1. The average Bonchev–Trinajstić information content (AvgIpc) is 2.33. The van der Waals surface area contributed by atoms with Crippen LogP contribution in [0.5, 0.6) is 0 Å². The summed E-state index contributed by atoms with van der Waals surface area (Å²) in [5, 5.41) is 0. The van der Waals surface area contributed by atoms with Gasteiger partial charge in [-0.3, -0.25) is 4.79 Å². The van der Waals surface area contributed by atoms with Crippen molar-refractivity contribution in [2.24, 2.45) is 5.92 Å². The fourth-order valence-electron chi connectivity index (χ4n) is 2.50. The Morgan fingerprint density at radius 3 is 3.00 bits per heavy atom. The zero-order valence-electron chi connectivity index (χ0n) is 10.4. The lowest BCUT2D eigenvalue weighted by Gasteiger charge is -2.26. The number of benzene rings is 1. The highest BCUT2D eigenvalue weighted by molar-refractivity contribution is 6.00. The normalized spacial score (nSPS) is 19.2. The van der Waals surface area contributed by atoms with E-state index >= 15 is 0 Å². The predicted molar refractivity (Wildman–Crippen MR) is 70.3 cm³/mol. The number of aryl methyl sites for hydroxylation is 1. The first-order valence-corrected chi connectivity index (χ1v) is 6.14. The lowest BCUT2D eigenvalue weighted by Crippen LogP contribution is -2.33. The van der Waals surface area contributed by atoms with Crippen LogP contribution in [0.1, 0.15) is 22.3 Å². The molecule has 1 aliphatic rings. The van der Waals surface area contributed by atoms with Gasteiger partial charge in [0.25, 0.3) is 0 Å². The molecule has 0 saturated heterocycles. The highest BCUT2D eigenvalue weighted by Gasteiger charge is 2.27. The van der Waals surface area contributed by atoms with Crippen molar-refractivity contribution in [2.45, 2.75) is 12.8 Å². The Morgan fingerprint density at radius 1 is 1.47 bits per heavy atom. The largest absolute Gasteiger partial charge is 0.302 e. The highest BCUT2D eigenvalue weighted by Crippen LogP contribution is 2.25. The number of likely N-dealkylation sites (N-methyl/N-ethyl adjacent to an activating group) is 1. The van der Waals surface area contributed by atoms with Crippen LogP contribution >= 0.6 is 0 Å². The Kier molecular flexibility index (Phi) is 3.75. The van der Waals surface area contributed by atoms with Crippen LogP contribution in [0.2, 0.25) is 0 Å². The van der Waals surface area contributed by atoms with Gasteiger partial charge in [0.1, 0.15) is 0 Å². The zero-order chi connectivity index (χ0) is 12.3. The van der Waals surface area contributed by atoms with E-state index < -0.39 is 0 Å². The van der Waals surface area contributed by atoms with Gasteiger partial charge in [-0.25, -0.2) is 0 Å². The number of carbonyl (C=O) groups excluding carboxylic acids is 1. The Balaban J connectivity index is 2.09. The van der Waals surface area contributed by atoms with E-state index in [1.54, 1.807) is 0 Å². The predicted octanol–water partition coefficient (Wildman–Crippen LogP) is 2.55. The molecule has 2 nitrogen and oxygen atoms in total. The van der Waals surface area contributed by atoms with Crippen molar-refractivity contribution in [1.82, 2.24) is 4.90 Å². The molecule has 0 heterocycles. The monoisotopic (exact) mass is 229 g/mol. The van der Waals surface area contributed by atoms with Crippen molar-refractivity contribution >= 4 is 5.78 Å². The number of hydrogen-bond donors (Lipinski definition) is 0. The number of nitrogens with zero attached hydrogens (tertiary/aromatic N) is 1. The topological polar surface area (TPSA) is 20.3 Å². The minimum Gasteiger partial charge on any atom is -0.302 e. The molecule has 0 fully saturated rings. The molecule has 2 rings (SSSR count). The first kappa shape index (κ1) is 12.1. The van der Waals surface area contributed by atoms with Gasteiger partial charge < -0.3 is 4.90 Å². The fraction of sp³-hybridized carbons (Fsp3) is 0.400. The average molecular weight is 229 g/mol. The Labute approximate surface area is 103 Å². The summed E-state index contributed by atoms with van der Waals surface area (Å²) < 4.78 is 0. The molecule has 0 amide bonds. The third-order valence-corrected chi connectivity index (χ3v) is 3.39. The van der Waals surface area contributed by atoms with Gasteiger partial charge in [0.2, 0.25) is 0 Å². The molecule has 0 N–H and O–H groups in total. The van der Waals surface area contributed by atoms with Crippen LogP contribution < -0.4 is 0 Å². The van der Waals surface area contributed by atoms with Gasteiger partial charge in [0.05, 0.1) is 0 Å². The van der Waals surface area contributed by atoms with Gasteiger partial charge >= 0.3 is 0 Å². The summed E-state index contributed by atoms with van der Waals surface area (Å²) in [6, 6.07) is 7.98. The maximum atomic E-state index is 12.3. The summed E-state index contributed by atoms with van der Waals surface area (Å²) in [4.78, 5) is 14.5. The molecule has 0 unspecified atom stereocenters. The summed E-state index contributed by atoms with van der Waals surface area (Å²) in [6.07, 6.45) is 3.87. The summed E-state index contributed by atoms with van der Waals surface area (Å²) >= 11 is 0. The fourth-order valence-corrected chi connectivity index (χ4v) is 2.50. The second-order valence-corrected chi connectivity index (χ2v) is 4.77. The number of rotatable bonds is 4. The summed E-state index contributed by atoms with van der Waals surface area (Å²) in [5.41, 5.74) is 2.14. The maximum Gasteiger partial charge on any atom is 0.167 e. The second kappa shape index (κ2) is 5.28. The molecular weight excluding hydrogens is 210 g/mol.